The predicted octanol–water partition coefficient (Wildman–Crippen LogP) is 1.92. The van der Waals surface area contributed by atoms with E-state index in [9.17, 15) is 9.59 Å². The van der Waals surface area contributed by atoms with Crippen LogP contribution in [0.25, 0.3) is 0 Å². The van der Waals surface area contributed by atoms with E-state index in [1.165, 1.54) is 16.7 Å². The lowest BCUT2D eigenvalue weighted by Crippen LogP contribution is -2.41. The third kappa shape index (κ3) is 3.01. The van der Waals surface area contributed by atoms with Crippen LogP contribution in [0.15, 0.2) is 21.7 Å². The number of amides is 1. The maximum absolute atomic E-state index is 11.9. The van der Waals surface area contributed by atoms with Gasteiger partial charge in [0, 0.05) is 6.54 Å². The smallest absolute Gasteiger partial charge is 0.326 e. The Kier molecular flexibility index (Phi) is 4.06. The molecule has 1 aliphatic rings. The average molecular weight is 271 g/mol. The van der Waals surface area contributed by atoms with Gasteiger partial charge < -0.3 is 10.0 Å². The van der Waals surface area contributed by atoms with Crippen molar-refractivity contribution >= 4 is 35.0 Å². The van der Waals surface area contributed by atoms with Crippen LogP contribution in [-0.2, 0) is 9.59 Å². The topological polar surface area (TPSA) is 57.6 Å². The number of aliphatic carboxylic acids is 1. The number of hydrogen-bond acceptors (Lipinski definition) is 4. The number of carbonyl (C=O) groups is 2. The summed E-state index contributed by atoms with van der Waals surface area (Å²) in [6.07, 6.45) is 1.36. The van der Waals surface area contributed by atoms with Gasteiger partial charge >= 0.3 is 5.97 Å². The van der Waals surface area contributed by atoms with E-state index in [-0.39, 0.29) is 5.91 Å². The van der Waals surface area contributed by atoms with Crippen molar-refractivity contribution in [3.05, 3.63) is 17.5 Å². The number of thiophene rings is 1. The van der Waals surface area contributed by atoms with Gasteiger partial charge in [0.15, 0.2) is 0 Å². The van der Waals surface area contributed by atoms with Crippen LogP contribution in [0.5, 0.6) is 0 Å². The molecule has 1 aromatic heterocycles. The van der Waals surface area contributed by atoms with Crippen LogP contribution in [-0.4, -0.2) is 40.2 Å². The van der Waals surface area contributed by atoms with Gasteiger partial charge in [-0.15, -0.1) is 23.1 Å². The maximum Gasteiger partial charge on any atom is 0.326 e. The number of nitrogens with zero attached hydrogens (tertiary/aromatic N) is 1. The molecule has 2 heterocycles. The van der Waals surface area contributed by atoms with Gasteiger partial charge in [0.2, 0.25) is 5.91 Å². The molecule has 92 valence electrons. The van der Waals surface area contributed by atoms with Crippen molar-refractivity contribution in [2.75, 3.05) is 12.3 Å². The van der Waals surface area contributed by atoms with Crippen molar-refractivity contribution in [3.63, 3.8) is 0 Å². The summed E-state index contributed by atoms with van der Waals surface area (Å²) < 4.78 is 1.09. The van der Waals surface area contributed by atoms with E-state index in [2.05, 4.69) is 0 Å². The minimum atomic E-state index is -0.892. The van der Waals surface area contributed by atoms with Gasteiger partial charge in [-0.3, -0.25) is 4.79 Å². The molecule has 1 atom stereocenters. The number of carboxylic acids is 1. The summed E-state index contributed by atoms with van der Waals surface area (Å²) in [5, 5.41) is 10.9. The van der Waals surface area contributed by atoms with Gasteiger partial charge in [-0.2, -0.15) is 0 Å². The van der Waals surface area contributed by atoms with Crippen molar-refractivity contribution in [1.82, 2.24) is 4.90 Å². The van der Waals surface area contributed by atoms with Gasteiger partial charge in [0.05, 0.1) is 9.96 Å². The molecule has 0 radical (unpaired) electrons. The first-order valence-corrected chi connectivity index (χ1v) is 7.23. The van der Waals surface area contributed by atoms with E-state index in [1.807, 2.05) is 17.5 Å². The van der Waals surface area contributed by atoms with Crippen LogP contribution in [0.3, 0.4) is 0 Å². The largest absolute Gasteiger partial charge is 0.480 e. The summed E-state index contributed by atoms with van der Waals surface area (Å²) in [5.74, 6) is -0.644. The Morgan fingerprint density at radius 1 is 1.59 bits per heavy atom. The quantitative estimate of drug-likeness (QED) is 0.850. The number of thioether (sulfide) groups is 1. The van der Waals surface area contributed by atoms with Gasteiger partial charge in [0.1, 0.15) is 6.04 Å². The summed E-state index contributed by atoms with van der Waals surface area (Å²) in [6.45, 7) is 0.570. The van der Waals surface area contributed by atoms with Crippen LogP contribution in [0.1, 0.15) is 12.8 Å². The lowest BCUT2D eigenvalue weighted by Gasteiger charge is -2.20. The molecule has 1 amide bonds. The molecular weight excluding hydrogens is 258 g/mol. The lowest BCUT2D eigenvalue weighted by molar-refractivity contribution is -0.147. The molecule has 1 N–H and O–H groups in total. The van der Waals surface area contributed by atoms with Crippen LogP contribution in [0.4, 0.5) is 0 Å². The van der Waals surface area contributed by atoms with Gasteiger partial charge in [-0.05, 0) is 24.3 Å². The summed E-state index contributed by atoms with van der Waals surface area (Å²) in [7, 11) is 0. The highest BCUT2D eigenvalue weighted by Gasteiger charge is 2.33. The molecule has 0 aliphatic carbocycles. The Balaban J connectivity index is 1.89. The lowest BCUT2D eigenvalue weighted by atomic mass is 10.2. The van der Waals surface area contributed by atoms with E-state index in [1.54, 1.807) is 11.3 Å². The summed E-state index contributed by atoms with van der Waals surface area (Å²) in [4.78, 5) is 24.3. The fourth-order valence-electron chi connectivity index (χ4n) is 1.88. The molecule has 0 spiro atoms. The Morgan fingerprint density at radius 2 is 2.41 bits per heavy atom. The average Bonchev–Trinajstić information content (AvgIpc) is 2.96. The predicted molar refractivity (Wildman–Crippen MR) is 67.4 cm³/mol. The third-order valence-corrected chi connectivity index (χ3v) is 4.81. The minimum absolute atomic E-state index is 0.0756. The standard InChI is InChI=1S/C11H13NO3S2/c13-9(7-17-10-4-2-6-16-10)12-5-1-3-8(12)11(14)15/h2,4,6,8H,1,3,5,7H2,(H,14,15)/t8-/m1/s1. The molecule has 0 aromatic carbocycles. The molecule has 1 aromatic rings. The first kappa shape index (κ1) is 12.4. The molecule has 0 saturated carbocycles. The van der Waals surface area contributed by atoms with E-state index >= 15 is 0 Å². The van der Waals surface area contributed by atoms with Gasteiger partial charge in [-0.25, -0.2) is 4.79 Å². The van der Waals surface area contributed by atoms with Gasteiger partial charge in [0.25, 0.3) is 0 Å². The Hall–Kier alpha value is -1.01. The summed E-state index contributed by atoms with van der Waals surface area (Å²) in [6, 6.07) is 3.28. The number of carboxylic acid groups (broad SMARTS) is 1. The molecule has 1 aliphatic heterocycles. The van der Waals surface area contributed by atoms with Crippen LogP contribution in [0.2, 0.25) is 0 Å². The molecule has 0 unspecified atom stereocenters. The Morgan fingerprint density at radius 3 is 3.06 bits per heavy atom. The van der Waals surface area contributed by atoms with Crippen LogP contribution in [0, 0.1) is 0 Å². The third-order valence-electron chi connectivity index (χ3n) is 2.69. The molecule has 17 heavy (non-hydrogen) atoms. The fourth-order valence-corrected chi connectivity index (χ4v) is 3.55. The number of hydrogen-bond donors (Lipinski definition) is 1. The van der Waals surface area contributed by atoms with Crippen LogP contribution < -0.4 is 0 Å². The molecular formula is C11H13NO3S2. The van der Waals surface area contributed by atoms with E-state index in [0.29, 0.717) is 18.7 Å². The zero-order chi connectivity index (χ0) is 12.3. The molecule has 2 rings (SSSR count). The molecule has 0 bridgehead atoms. The molecule has 4 nitrogen and oxygen atoms in total. The van der Waals surface area contributed by atoms with Crippen molar-refractivity contribution in [2.24, 2.45) is 0 Å². The number of carbonyl (C=O) groups excluding carboxylic acids is 1. The first-order valence-electron chi connectivity index (χ1n) is 5.37. The van der Waals surface area contributed by atoms with E-state index < -0.39 is 12.0 Å². The second-order valence-electron chi connectivity index (χ2n) is 3.80. The first-order chi connectivity index (χ1) is 8.18. The highest BCUT2D eigenvalue weighted by molar-refractivity contribution is 8.01. The van der Waals surface area contributed by atoms with E-state index in [0.717, 1.165) is 10.6 Å². The number of rotatable bonds is 4. The number of likely N-dealkylation sites (tertiary alicyclic amines) is 1. The van der Waals surface area contributed by atoms with Crippen LogP contribution >= 0.6 is 23.1 Å². The Bertz CT molecular complexity index is 405. The Labute approximate surface area is 108 Å². The minimum Gasteiger partial charge on any atom is -0.480 e. The van der Waals surface area contributed by atoms with Crippen molar-refractivity contribution in [1.29, 1.82) is 0 Å². The normalized spacial score (nSPS) is 19.5. The van der Waals surface area contributed by atoms with E-state index in [4.69, 9.17) is 5.11 Å². The second-order valence-corrected chi connectivity index (χ2v) is 6.03. The SMILES string of the molecule is O=C(O)[C@H]1CCCN1C(=O)CSc1cccs1. The molecule has 1 saturated heterocycles. The fraction of sp³-hybridized carbons (Fsp3) is 0.455. The molecule has 6 heteroatoms. The highest BCUT2D eigenvalue weighted by Crippen LogP contribution is 2.25. The summed E-state index contributed by atoms with van der Waals surface area (Å²) in [5.41, 5.74) is 0. The van der Waals surface area contributed by atoms with Crippen molar-refractivity contribution in [2.45, 2.75) is 23.1 Å². The van der Waals surface area contributed by atoms with Crippen molar-refractivity contribution < 1.29 is 14.7 Å². The second kappa shape index (κ2) is 5.55. The monoisotopic (exact) mass is 271 g/mol. The molecule has 1 fully saturated rings. The van der Waals surface area contributed by atoms with Gasteiger partial charge in [-0.1, -0.05) is 6.07 Å². The highest BCUT2D eigenvalue weighted by atomic mass is 32.2. The van der Waals surface area contributed by atoms with Crippen molar-refractivity contribution in [3.8, 4) is 0 Å². The zero-order valence-electron chi connectivity index (χ0n) is 9.17. The zero-order valence-corrected chi connectivity index (χ0v) is 10.8. The summed E-state index contributed by atoms with van der Waals surface area (Å²) >= 11 is 3.06. The maximum atomic E-state index is 11.9.